The Balaban J connectivity index is 1.70. The van der Waals surface area contributed by atoms with Crippen LogP contribution in [0.2, 0.25) is 0 Å². The summed E-state index contributed by atoms with van der Waals surface area (Å²) >= 11 is 0. The molecular formula is C19H22N4O2S. The molecule has 26 heavy (non-hydrogen) atoms. The summed E-state index contributed by atoms with van der Waals surface area (Å²) in [5, 5.41) is 8.93. The largest absolute Gasteiger partial charge is 0.369 e. The Hall–Kier alpha value is -2.56. The lowest BCUT2D eigenvalue weighted by molar-refractivity contribution is 0.271. The van der Waals surface area contributed by atoms with Crippen molar-refractivity contribution in [1.82, 2.24) is 4.90 Å². The Morgan fingerprint density at radius 1 is 1.08 bits per heavy atom. The third kappa shape index (κ3) is 4.15. The van der Waals surface area contributed by atoms with Gasteiger partial charge in [0.15, 0.2) is 0 Å². The number of hydrogen-bond acceptors (Lipinski definition) is 5. The van der Waals surface area contributed by atoms with Crippen LogP contribution < -0.4 is 9.62 Å². The van der Waals surface area contributed by atoms with Crippen molar-refractivity contribution < 1.29 is 8.42 Å². The van der Waals surface area contributed by atoms with Gasteiger partial charge in [-0.05, 0) is 49.0 Å². The second-order valence-corrected chi connectivity index (χ2v) is 7.90. The van der Waals surface area contributed by atoms with E-state index in [0.717, 1.165) is 38.4 Å². The third-order valence-corrected chi connectivity index (χ3v) is 5.96. The maximum absolute atomic E-state index is 12.5. The third-order valence-electron chi connectivity index (χ3n) is 4.58. The summed E-state index contributed by atoms with van der Waals surface area (Å²) < 4.78 is 27.5. The van der Waals surface area contributed by atoms with Crippen LogP contribution in [-0.2, 0) is 10.0 Å². The van der Waals surface area contributed by atoms with Crippen LogP contribution >= 0.6 is 0 Å². The lowest BCUT2D eigenvalue weighted by atomic mass is 10.2. The molecule has 0 amide bonds. The standard InChI is InChI=1S/C19H22N4O2S/c1-2-22-10-12-23(13-11-22)18-8-6-17(7-9-18)21-26(24,25)19-5-3-4-16(14-19)15-20/h3-9,14,21H,2,10-13H2,1H3. The predicted molar refractivity (Wildman–Crippen MR) is 103 cm³/mol. The minimum atomic E-state index is -3.72. The van der Waals surface area contributed by atoms with E-state index in [9.17, 15) is 8.42 Å². The van der Waals surface area contributed by atoms with Gasteiger partial charge in [-0.3, -0.25) is 4.72 Å². The Bertz CT molecular complexity index is 896. The summed E-state index contributed by atoms with van der Waals surface area (Å²) in [6, 6.07) is 15.3. The molecule has 1 aliphatic rings. The van der Waals surface area contributed by atoms with E-state index < -0.39 is 10.0 Å². The van der Waals surface area contributed by atoms with E-state index in [0.29, 0.717) is 11.3 Å². The van der Waals surface area contributed by atoms with Gasteiger partial charge in [-0.25, -0.2) is 8.42 Å². The molecule has 0 atom stereocenters. The van der Waals surface area contributed by atoms with Gasteiger partial charge in [0.1, 0.15) is 0 Å². The summed E-state index contributed by atoms with van der Waals surface area (Å²) in [6.07, 6.45) is 0. The number of rotatable bonds is 5. The first-order chi connectivity index (χ1) is 12.5. The lowest BCUT2D eigenvalue weighted by Crippen LogP contribution is -2.46. The fourth-order valence-electron chi connectivity index (χ4n) is 3.01. The van der Waals surface area contributed by atoms with E-state index in [4.69, 9.17) is 5.26 Å². The summed E-state index contributed by atoms with van der Waals surface area (Å²) in [5.41, 5.74) is 1.91. The zero-order valence-electron chi connectivity index (χ0n) is 14.7. The van der Waals surface area contributed by atoms with Crippen molar-refractivity contribution in [2.24, 2.45) is 0 Å². The second-order valence-electron chi connectivity index (χ2n) is 6.21. The first-order valence-corrected chi connectivity index (χ1v) is 10.1. The highest BCUT2D eigenvalue weighted by Gasteiger charge is 2.17. The Morgan fingerprint density at radius 2 is 1.77 bits per heavy atom. The van der Waals surface area contributed by atoms with Crippen molar-refractivity contribution in [3.05, 3.63) is 54.1 Å². The monoisotopic (exact) mass is 370 g/mol. The van der Waals surface area contributed by atoms with Crippen LogP contribution in [0, 0.1) is 11.3 Å². The number of anilines is 2. The predicted octanol–water partition coefficient (Wildman–Crippen LogP) is 2.50. The topological polar surface area (TPSA) is 76.4 Å². The van der Waals surface area contributed by atoms with Gasteiger partial charge in [0.25, 0.3) is 10.0 Å². The number of nitriles is 1. The van der Waals surface area contributed by atoms with Gasteiger partial charge >= 0.3 is 0 Å². The number of sulfonamides is 1. The minimum absolute atomic E-state index is 0.0799. The SMILES string of the molecule is CCN1CCN(c2ccc(NS(=O)(=O)c3cccc(C#N)c3)cc2)CC1. The van der Waals surface area contributed by atoms with Crippen LogP contribution in [0.15, 0.2) is 53.4 Å². The molecule has 0 saturated carbocycles. The highest BCUT2D eigenvalue weighted by molar-refractivity contribution is 7.92. The molecule has 1 heterocycles. The van der Waals surface area contributed by atoms with Gasteiger partial charge in [-0.15, -0.1) is 0 Å². The van der Waals surface area contributed by atoms with Crippen LogP contribution in [-0.4, -0.2) is 46.0 Å². The summed E-state index contributed by atoms with van der Waals surface area (Å²) in [6.45, 7) is 7.27. The molecule has 7 heteroatoms. The number of hydrogen-bond donors (Lipinski definition) is 1. The molecule has 0 aliphatic carbocycles. The first-order valence-electron chi connectivity index (χ1n) is 8.62. The van der Waals surface area contributed by atoms with Gasteiger partial charge in [0, 0.05) is 37.6 Å². The smallest absolute Gasteiger partial charge is 0.261 e. The summed E-state index contributed by atoms with van der Waals surface area (Å²) in [4.78, 5) is 4.80. The average molecular weight is 370 g/mol. The molecule has 1 aliphatic heterocycles. The van der Waals surface area contributed by atoms with Crippen LogP contribution in [0.3, 0.4) is 0 Å². The van der Waals surface area contributed by atoms with Crippen LogP contribution in [0.1, 0.15) is 12.5 Å². The first kappa shape index (κ1) is 18.2. The fraction of sp³-hybridized carbons (Fsp3) is 0.316. The molecule has 1 saturated heterocycles. The molecule has 1 N–H and O–H groups in total. The zero-order chi connectivity index (χ0) is 18.6. The van der Waals surface area contributed by atoms with Gasteiger partial charge < -0.3 is 9.80 Å². The Morgan fingerprint density at radius 3 is 2.38 bits per heavy atom. The number of benzene rings is 2. The van der Waals surface area contributed by atoms with Gasteiger partial charge in [-0.1, -0.05) is 13.0 Å². The normalized spacial score (nSPS) is 15.5. The Labute approximate surface area is 154 Å². The van der Waals surface area contributed by atoms with Gasteiger partial charge in [0.05, 0.1) is 16.5 Å². The van der Waals surface area contributed by atoms with Crippen LogP contribution in [0.25, 0.3) is 0 Å². The second kappa shape index (κ2) is 7.77. The van der Waals surface area contributed by atoms with E-state index in [2.05, 4.69) is 21.4 Å². The van der Waals surface area contributed by atoms with E-state index in [1.165, 1.54) is 12.1 Å². The maximum atomic E-state index is 12.5. The van der Waals surface area contributed by atoms with Gasteiger partial charge in [-0.2, -0.15) is 5.26 Å². The lowest BCUT2D eigenvalue weighted by Gasteiger charge is -2.35. The fourth-order valence-corrected chi connectivity index (χ4v) is 4.11. The molecule has 0 radical (unpaired) electrons. The molecule has 1 fully saturated rings. The minimum Gasteiger partial charge on any atom is -0.369 e. The van der Waals surface area contributed by atoms with Crippen molar-refractivity contribution in [2.45, 2.75) is 11.8 Å². The number of piperazine rings is 1. The Kier molecular flexibility index (Phi) is 5.45. The molecule has 3 rings (SSSR count). The molecule has 136 valence electrons. The molecule has 6 nitrogen and oxygen atoms in total. The molecule has 0 bridgehead atoms. The quantitative estimate of drug-likeness (QED) is 0.875. The van der Waals surface area contributed by atoms with E-state index in [1.807, 2.05) is 18.2 Å². The molecule has 0 spiro atoms. The number of nitrogens with zero attached hydrogens (tertiary/aromatic N) is 3. The van der Waals surface area contributed by atoms with Crippen molar-refractivity contribution >= 4 is 21.4 Å². The zero-order valence-corrected chi connectivity index (χ0v) is 15.5. The van der Waals surface area contributed by atoms with E-state index >= 15 is 0 Å². The number of nitrogens with one attached hydrogen (secondary N) is 1. The molecular weight excluding hydrogens is 348 g/mol. The molecule has 2 aromatic rings. The number of likely N-dealkylation sites (N-methyl/N-ethyl adjacent to an activating group) is 1. The molecule has 2 aromatic carbocycles. The van der Waals surface area contributed by atoms with Crippen molar-refractivity contribution in [1.29, 1.82) is 5.26 Å². The summed E-state index contributed by atoms with van der Waals surface area (Å²) in [5.74, 6) is 0. The van der Waals surface area contributed by atoms with Crippen LogP contribution in [0.4, 0.5) is 11.4 Å². The highest BCUT2D eigenvalue weighted by Crippen LogP contribution is 2.22. The molecule has 0 unspecified atom stereocenters. The van der Waals surface area contributed by atoms with E-state index in [-0.39, 0.29) is 4.90 Å². The highest BCUT2D eigenvalue weighted by atomic mass is 32.2. The average Bonchev–Trinajstić information content (AvgIpc) is 2.68. The van der Waals surface area contributed by atoms with Gasteiger partial charge in [0.2, 0.25) is 0 Å². The van der Waals surface area contributed by atoms with E-state index in [1.54, 1.807) is 24.3 Å². The van der Waals surface area contributed by atoms with Crippen molar-refractivity contribution in [2.75, 3.05) is 42.3 Å². The maximum Gasteiger partial charge on any atom is 0.261 e. The molecule has 0 aromatic heterocycles. The van der Waals surface area contributed by atoms with Crippen molar-refractivity contribution in [3.63, 3.8) is 0 Å². The van der Waals surface area contributed by atoms with Crippen molar-refractivity contribution in [3.8, 4) is 6.07 Å². The summed E-state index contributed by atoms with van der Waals surface area (Å²) in [7, 11) is -3.72. The van der Waals surface area contributed by atoms with Crippen LogP contribution in [0.5, 0.6) is 0 Å².